The van der Waals surface area contributed by atoms with Gasteiger partial charge in [-0.2, -0.15) is 0 Å². The van der Waals surface area contributed by atoms with Gasteiger partial charge in [0.15, 0.2) is 6.61 Å². The second-order valence-electron chi connectivity index (χ2n) is 6.48. The lowest BCUT2D eigenvalue weighted by Crippen LogP contribution is -2.49. The van der Waals surface area contributed by atoms with Gasteiger partial charge in [0.2, 0.25) is 5.91 Å². The SMILES string of the molecule is CCCNC(=O)C(C)N(Cc1ccc(Cl)cc1)C(=O)COc1ccc(Br)cc1Cl. The molecule has 2 aromatic carbocycles. The third-order valence-corrected chi connectivity index (χ3v) is 5.27. The molecule has 0 radical (unpaired) electrons. The van der Waals surface area contributed by atoms with Crippen molar-refractivity contribution >= 4 is 50.9 Å². The number of nitrogens with one attached hydrogen (secondary N) is 1. The van der Waals surface area contributed by atoms with Gasteiger partial charge in [0, 0.05) is 22.6 Å². The summed E-state index contributed by atoms with van der Waals surface area (Å²) >= 11 is 15.4. The number of nitrogens with zero attached hydrogens (tertiary/aromatic N) is 1. The van der Waals surface area contributed by atoms with Crippen LogP contribution in [-0.2, 0) is 16.1 Å². The van der Waals surface area contributed by atoms with Crippen LogP contribution in [0.25, 0.3) is 0 Å². The van der Waals surface area contributed by atoms with E-state index in [1.165, 1.54) is 4.90 Å². The zero-order chi connectivity index (χ0) is 21.4. The first kappa shape index (κ1) is 23.5. The van der Waals surface area contributed by atoms with Crippen LogP contribution >= 0.6 is 39.1 Å². The molecule has 5 nitrogen and oxygen atoms in total. The summed E-state index contributed by atoms with van der Waals surface area (Å²) in [5, 5.41) is 3.83. The lowest BCUT2D eigenvalue weighted by Gasteiger charge is -2.28. The molecule has 0 spiro atoms. The van der Waals surface area contributed by atoms with Crippen molar-refractivity contribution in [2.24, 2.45) is 0 Å². The molecule has 0 fully saturated rings. The van der Waals surface area contributed by atoms with Crippen molar-refractivity contribution in [1.29, 1.82) is 0 Å². The van der Waals surface area contributed by atoms with E-state index in [-0.39, 0.29) is 25.0 Å². The van der Waals surface area contributed by atoms with E-state index in [1.807, 2.05) is 19.1 Å². The van der Waals surface area contributed by atoms with E-state index >= 15 is 0 Å². The monoisotopic (exact) mass is 500 g/mol. The smallest absolute Gasteiger partial charge is 0.261 e. The summed E-state index contributed by atoms with van der Waals surface area (Å²) < 4.78 is 6.42. The molecule has 156 valence electrons. The highest BCUT2D eigenvalue weighted by Gasteiger charge is 2.26. The van der Waals surface area contributed by atoms with Crippen LogP contribution in [-0.4, -0.2) is 35.9 Å². The van der Waals surface area contributed by atoms with Gasteiger partial charge in [-0.05, 0) is 49.2 Å². The average molecular weight is 502 g/mol. The Labute approximate surface area is 189 Å². The highest BCUT2D eigenvalue weighted by Crippen LogP contribution is 2.27. The number of carbonyl (C=O) groups is 2. The Hall–Kier alpha value is -1.76. The number of carbonyl (C=O) groups excluding carboxylic acids is 2. The van der Waals surface area contributed by atoms with Crippen molar-refractivity contribution in [3.05, 3.63) is 62.5 Å². The first-order valence-corrected chi connectivity index (χ1v) is 10.8. The third kappa shape index (κ3) is 7.21. The van der Waals surface area contributed by atoms with E-state index in [0.717, 1.165) is 16.5 Å². The number of ether oxygens (including phenoxy) is 1. The van der Waals surface area contributed by atoms with Gasteiger partial charge >= 0.3 is 0 Å². The maximum Gasteiger partial charge on any atom is 0.261 e. The molecule has 0 heterocycles. The molecular formula is C21H23BrCl2N2O3. The Kier molecular flexibility index (Phi) is 9.27. The predicted molar refractivity (Wildman–Crippen MR) is 119 cm³/mol. The Bertz CT molecular complexity index is 846. The number of halogens is 3. The summed E-state index contributed by atoms with van der Waals surface area (Å²) in [4.78, 5) is 26.9. The Morgan fingerprint density at radius 1 is 1.17 bits per heavy atom. The van der Waals surface area contributed by atoms with Crippen molar-refractivity contribution in [3.63, 3.8) is 0 Å². The molecule has 0 bridgehead atoms. The Morgan fingerprint density at radius 2 is 1.86 bits per heavy atom. The zero-order valence-corrected chi connectivity index (χ0v) is 19.4. The molecule has 8 heteroatoms. The minimum absolute atomic E-state index is 0.212. The topological polar surface area (TPSA) is 58.6 Å². The molecule has 1 atom stereocenters. The van der Waals surface area contributed by atoms with Gasteiger partial charge in [-0.15, -0.1) is 0 Å². The zero-order valence-electron chi connectivity index (χ0n) is 16.3. The van der Waals surface area contributed by atoms with Crippen LogP contribution in [0.2, 0.25) is 10.0 Å². The molecule has 2 amide bonds. The highest BCUT2D eigenvalue weighted by atomic mass is 79.9. The first-order valence-electron chi connectivity index (χ1n) is 9.21. The Morgan fingerprint density at radius 3 is 2.48 bits per heavy atom. The second kappa shape index (κ2) is 11.4. The maximum absolute atomic E-state index is 12.9. The van der Waals surface area contributed by atoms with Crippen LogP contribution in [0.5, 0.6) is 5.75 Å². The van der Waals surface area contributed by atoms with Crippen molar-refractivity contribution in [2.45, 2.75) is 32.9 Å². The van der Waals surface area contributed by atoms with Gasteiger partial charge < -0.3 is 15.0 Å². The first-order chi connectivity index (χ1) is 13.8. The number of hydrogen-bond donors (Lipinski definition) is 1. The number of benzene rings is 2. The van der Waals surface area contributed by atoms with Gasteiger partial charge in [-0.25, -0.2) is 0 Å². The van der Waals surface area contributed by atoms with E-state index < -0.39 is 6.04 Å². The van der Waals surface area contributed by atoms with Gasteiger partial charge in [-0.1, -0.05) is 58.2 Å². The van der Waals surface area contributed by atoms with Gasteiger partial charge in [0.05, 0.1) is 5.02 Å². The minimum Gasteiger partial charge on any atom is -0.482 e. The summed E-state index contributed by atoms with van der Waals surface area (Å²) in [5.41, 5.74) is 0.861. The van der Waals surface area contributed by atoms with E-state index in [2.05, 4.69) is 21.2 Å². The molecule has 0 aromatic heterocycles. The molecule has 0 saturated heterocycles. The fourth-order valence-corrected chi connectivity index (χ4v) is 3.43. The summed E-state index contributed by atoms with van der Waals surface area (Å²) in [6, 6.07) is 11.6. The quantitative estimate of drug-likeness (QED) is 0.521. The van der Waals surface area contributed by atoms with E-state index in [1.54, 1.807) is 37.3 Å². The van der Waals surface area contributed by atoms with Crippen LogP contribution < -0.4 is 10.1 Å². The molecule has 0 aliphatic carbocycles. The van der Waals surface area contributed by atoms with Crippen LogP contribution in [0.1, 0.15) is 25.8 Å². The van der Waals surface area contributed by atoms with E-state index in [9.17, 15) is 9.59 Å². The average Bonchev–Trinajstić information content (AvgIpc) is 2.70. The summed E-state index contributed by atoms with van der Waals surface area (Å²) in [7, 11) is 0. The summed E-state index contributed by atoms with van der Waals surface area (Å²) in [6.07, 6.45) is 0.814. The summed E-state index contributed by atoms with van der Waals surface area (Å²) in [6.45, 7) is 4.24. The number of hydrogen-bond acceptors (Lipinski definition) is 3. The van der Waals surface area contributed by atoms with Gasteiger partial charge in [-0.3, -0.25) is 9.59 Å². The lowest BCUT2D eigenvalue weighted by atomic mass is 10.1. The fourth-order valence-electron chi connectivity index (χ4n) is 2.58. The van der Waals surface area contributed by atoms with Crippen molar-refractivity contribution < 1.29 is 14.3 Å². The standard InChI is InChI=1S/C21H23BrCl2N2O3/c1-3-10-25-21(28)14(2)26(12-15-4-7-17(23)8-5-15)20(27)13-29-19-9-6-16(22)11-18(19)24/h4-9,11,14H,3,10,12-13H2,1-2H3,(H,25,28). The number of amides is 2. The third-order valence-electron chi connectivity index (χ3n) is 4.23. The fraction of sp³-hybridized carbons (Fsp3) is 0.333. The maximum atomic E-state index is 12.9. The minimum atomic E-state index is -0.659. The molecular weight excluding hydrogens is 479 g/mol. The Balaban J connectivity index is 2.14. The normalized spacial score (nSPS) is 11.6. The molecule has 1 unspecified atom stereocenters. The van der Waals surface area contributed by atoms with Crippen molar-refractivity contribution in [1.82, 2.24) is 10.2 Å². The number of rotatable bonds is 9. The van der Waals surface area contributed by atoms with Crippen LogP contribution in [0, 0.1) is 0 Å². The van der Waals surface area contributed by atoms with Crippen LogP contribution in [0.4, 0.5) is 0 Å². The molecule has 0 aliphatic heterocycles. The molecule has 2 aromatic rings. The van der Waals surface area contributed by atoms with Gasteiger partial charge in [0.1, 0.15) is 11.8 Å². The predicted octanol–water partition coefficient (Wildman–Crippen LogP) is 5.08. The van der Waals surface area contributed by atoms with Crippen molar-refractivity contribution in [3.8, 4) is 5.75 Å². The summed E-state index contributed by atoms with van der Waals surface area (Å²) in [5.74, 6) is -0.133. The van der Waals surface area contributed by atoms with Crippen LogP contribution in [0.3, 0.4) is 0 Å². The molecule has 0 saturated carbocycles. The largest absolute Gasteiger partial charge is 0.482 e. The molecule has 29 heavy (non-hydrogen) atoms. The second-order valence-corrected chi connectivity index (χ2v) is 8.24. The molecule has 1 N–H and O–H groups in total. The highest BCUT2D eigenvalue weighted by molar-refractivity contribution is 9.10. The van der Waals surface area contributed by atoms with Crippen molar-refractivity contribution in [2.75, 3.05) is 13.2 Å². The van der Waals surface area contributed by atoms with E-state index in [4.69, 9.17) is 27.9 Å². The van der Waals surface area contributed by atoms with E-state index in [0.29, 0.717) is 22.3 Å². The van der Waals surface area contributed by atoms with Crippen LogP contribution in [0.15, 0.2) is 46.9 Å². The molecule has 0 aliphatic rings. The molecule has 2 rings (SSSR count). The van der Waals surface area contributed by atoms with Gasteiger partial charge in [0.25, 0.3) is 5.91 Å². The lowest BCUT2D eigenvalue weighted by molar-refractivity contribution is -0.142.